The maximum Gasteiger partial charge on any atom is 0.343 e. The Balaban J connectivity index is -0.000000480. The van der Waals surface area contributed by atoms with Crippen molar-refractivity contribution in [3.05, 3.63) is 21.6 Å². The van der Waals surface area contributed by atoms with E-state index < -0.39 is 4.92 Å². The highest BCUT2D eigenvalue weighted by Gasteiger charge is 2.16. The summed E-state index contributed by atoms with van der Waals surface area (Å²) in [6.07, 6.45) is 0.431. The molecule has 1 heterocycles. The molecule has 1 aromatic rings. The maximum atomic E-state index is 10.4. The number of hydrogen-bond acceptors (Lipinski definition) is 4. The lowest BCUT2D eigenvalue weighted by atomic mass is 10.3. The van der Waals surface area contributed by atoms with Gasteiger partial charge in [-0.3, -0.25) is 0 Å². The smallest absolute Gasteiger partial charge is 0.343 e. The zero-order chi connectivity index (χ0) is 9.14. The molecule has 0 aromatic carbocycles. The number of H-pyrrole nitrogens is 1. The van der Waals surface area contributed by atoms with E-state index in [1.807, 2.05) is 0 Å². The summed E-state index contributed by atoms with van der Waals surface area (Å²) in [5.41, 5.74) is 5.69. The van der Waals surface area contributed by atoms with Crippen LogP contribution in [0.25, 0.3) is 0 Å². The number of hydrogen-bond donors (Lipinski definition) is 2. The van der Waals surface area contributed by atoms with Gasteiger partial charge in [-0.05, 0) is 11.5 Å². The molecule has 0 spiro atoms. The highest BCUT2D eigenvalue weighted by Crippen LogP contribution is 2.14. The summed E-state index contributed by atoms with van der Waals surface area (Å²) in [6.45, 7) is 2.04. The highest BCUT2D eigenvalue weighted by molar-refractivity contribution is 5.85. The van der Waals surface area contributed by atoms with E-state index in [1.165, 1.54) is 0 Å². The number of aromatic amines is 1. The van der Waals surface area contributed by atoms with Gasteiger partial charge in [0.15, 0.2) is 5.82 Å². The molecule has 1 aromatic heterocycles. The molecule has 0 fully saturated rings. The molecule has 0 aliphatic carbocycles. The summed E-state index contributed by atoms with van der Waals surface area (Å²) in [5, 5.41) is 10.4. The van der Waals surface area contributed by atoms with Crippen LogP contribution in [0, 0.1) is 17.0 Å². The van der Waals surface area contributed by atoms with Crippen molar-refractivity contribution in [2.24, 2.45) is 5.73 Å². The van der Waals surface area contributed by atoms with E-state index in [4.69, 9.17) is 5.73 Å². The quantitative estimate of drug-likeness (QED) is 0.592. The summed E-state index contributed by atoms with van der Waals surface area (Å²) in [4.78, 5) is 16.4. The first-order valence-corrected chi connectivity index (χ1v) is 3.55. The van der Waals surface area contributed by atoms with Crippen LogP contribution >= 0.6 is 24.8 Å². The number of aromatic nitrogens is 2. The van der Waals surface area contributed by atoms with Gasteiger partial charge in [0.25, 0.3) is 0 Å². The van der Waals surface area contributed by atoms with Crippen molar-refractivity contribution in [2.75, 3.05) is 6.54 Å². The average molecular weight is 261 g/mol. The van der Waals surface area contributed by atoms with Crippen LogP contribution in [0.5, 0.6) is 0 Å². The number of halogens is 2. The van der Waals surface area contributed by atoms with E-state index in [0.717, 1.165) is 0 Å². The van der Waals surface area contributed by atoms with Gasteiger partial charge in [0.05, 0.1) is 0 Å². The van der Waals surface area contributed by atoms with Crippen molar-refractivity contribution in [3.8, 4) is 0 Å². The number of nitro groups is 1. The monoisotopic (exact) mass is 260 g/mol. The Morgan fingerprint density at radius 1 is 1.53 bits per heavy atom. The largest absolute Gasteiger partial charge is 0.412 e. The Kier molecular flexibility index (Phi) is 11.0. The second-order valence-corrected chi connectivity index (χ2v) is 2.41. The number of nitrogens with two attached hydrogens (primary N) is 1. The molecule has 0 unspecified atom stereocenters. The van der Waals surface area contributed by atoms with Crippen molar-refractivity contribution in [3.63, 3.8) is 0 Å². The molecule has 1 rings (SSSR count). The van der Waals surface area contributed by atoms with Crippen LogP contribution in [0.3, 0.4) is 0 Å². The van der Waals surface area contributed by atoms with E-state index in [9.17, 15) is 10.1 Å². The molecule has 90 valence electrons. The Labute approximate surface area is 98.7 Å². The fourth-order valence-corrected chi connectivity index (χ4v) is 0.989. The Hall–Kier alpha value is -0.890. The van der Waals surface area contributed by atoms with Gasteiger partial charge in [-0.15, -0.1) is 24.8 Å². The van der Waals surface area contributed by atoms with Gasteiger partial charge in [0, 0.05) is 13.3 Å². The average Bonchev–Trinajstić information content (AvgIpc) is 2.32. The second-order valence-electron chi connectivity index (χ2n) is 2.41. The number of aryl methyl sites for hydroxylation is 1. The Bertz CT molecular complexity index is 305. The van der Waals surface area contributed by atoms with Gasteiger partial charge in [-0.25, -0.2) is 9.97 Å². The molecular formula is C6H14Cl2N4O3. The van der Waals surface area contributed by atoms with Gasteiger partial charge in [-0.1, -0.05) is 0 Å². The fourth-order valence-electron chi connectivity index (χ4n) is 0.989. The van der Waals surface area contributed by atoms with Crippen LogP contribution in [-0.4, -0.2) is 26.9 Å². The standard InChI is InChI=1S/C6H10N4O2.2ClH.H2O/c1-4-8-5(2-3-7)6(9-4)10(11)12;;;/h2-3,7H2,1H3,(H,8,9);2*1H;1H2. The molecule has 0 aliphatic heterocycles. The van der Waals surface area contributed by atoms with Gasteiger partial charge in [0.1, 0.15) is 5.69 Å². The molecule has 0 amide bonds. The number of rotatable bonds is 3. The zero-order valence-electron chi connectivity index (χ0n) is 8.02. The molecule has 0 aliphatic rings. The Morgan fingerprint density at radius 3 is 2.47 bits per heavy atom. The lowest BCUT2D eigenvalue weighted by Crippen LogP contribution is -2.05. The van der Waals surface area contributed by atoms with Crippen LogP contribution in [0.15, 0.2) is 0 Å². The predicted molar refractivity (Wildman–Crippen MR) is 60.8 cm³/mol. The molecule has 0 saturated carbocycles. The van der Waals surface area contributed by atoms with Crippen LogP contribution in [-0.2, 0) is 6.42 Å². The lowest BCUT2D eigenvalue weighted by molar-refractivity contribution is -0.390. The van der Waals surface area contributed by atoms with Crippen molar-refractivity contribution in [1.29, 1.82) is 0 Å². The SMILES string of the molecule is Cc1nc(CCN)c([N+](=O)[O-])[nH]1.Cl.Cl.O. The minimum absolute atomic E-state index is 0. The number of nitrogens with one attached hydrogen (secondary N) is 1. The van der Waals surface area contributed by atoms with E-state index >= 15 is 0 Å². The predicted octanol–water partition coefficient (Wildman–Crippen LogP) is 0.146. The second kappa shape index (κ2) is 8.42. The van der Waals surface area contributed by atoms with Crippen molar-refractivity contribution < 1.29 is 10.4 Å². The van der Waals surface area contributed by atoms with E-state index in [0.29, 0.717) is 24.5 Å². The lowest BCUT2D eigenvalue weighted by Gasteiger charge is -1.92. The third kappa shape index (κ3) is 4.93. The highest BCUT2D eigenvalue weighted by atomic mass is 35.5. The first kappa shape index (κ1) is 19.6. The van der Waals surface area contributed by atoms with E-state index in [-0.39, 0.29) is 36.1 Å². The van der Waals surface area contributed by atoms with Crippen molar-refractivity contribution >= 4 is 30.6 Å². The summed E-state index contributed by atoms with van der Waals surface area (Å²) in [6, 6.07) is 0. The van der Waals surface area contributed by atoms with Gasteiger partial charge < -0.3 is 21.3 Å². The topological polar surface area (TPSA) is 129 Å². The van der Waals surface area contributed by atoms with Crippen LogP contribution < -0.4 is 5.73 Å². The maximum absolute atomic E-state index is 10.4. The molecule has 5 N–H and O–H groups in total. The number of nitrogens with zero attached hydrogens (tertiary/aromatic N) is 2. The molecule has 0 atom stereocenters. The summed E-state index contributed by atoms with van der Waals surface area (Å²) in [7, 11) is 0. The zero-order valence-corrected chi connectivity index (χ0v) is 9.65. The van der Waals surface area contributed by atoms with Crippen molar-refractivity contribution in [2.45, 2.75) is 13.3 Å². The van der Waals surface area contributed by atoms with Crippen LogP contribution in [0.2, 0.25) is 0 Å². The molecule has 15 heavy (non-hydrogen) atoms. The summed E-state index contributed by atoms with van der Waals surface area (Å²) in [5.74, 6) is 0.503. The van der Waals surface area contributed by atoms with Gasteiger partial charge in [-0.2, -0.15) is 0 Å². The van der Waals surface area contributed by atoms with Gasteiger partial charge >= 0.3 is 5.82 Å². The third-order valence-corrected chi connectivity index (χ3v) is 1.44. The fraction of sp³-hybridized carbons (Fsp3) is 0.500. The van der Waals surface area contributed by atoms with E-state index in [2.05, 4.69) is 9.97 Å². The molecule has 0 saturated heterocycles. The summed E-state index contributed by atoms with van der Waals surface area (Å²) >= 11 is 0. The molecule has 0 radical (unpaired) electrons. The van der Waals surface area contributed by atoms with Gasteiger partial charge in [0.2, 0.25) is 0 Å². The normalized spacial score (nSPS) is 8.13. The van der Waals surface area contributed by atoms with Crippen LogP contribution in [0.4, 0.5) is 5.82 Å². The minimum atomic E-state index is -0.481. The van der Waals surface area contributed by atoms with E-state index in [1.54, 1.807) is 6.92 Å². The van der Waals surface area contributed by atoms with Crippen LogP contribution in [0.1, 0.15) is 11.5 Å². The third-order valence-electron chi connectivity index (χ3n) is 1.44. The molecule has 7 nitrogen and oxygen atoms in total. The molecular weight excluding hydrogens is 247 g/mol. The Morgan fingerprint density at radius 2 is 2.07 bits per heavy atom. The first-order chi connectivity index (χ1) is 5.65. The van der Waals surface area contributed by atoms with Crippen molar-refractivity contribution in [1.82, 2.24) is 9.97 Å². The molecule has 0 bridgehead atoms. The summed E-state index contributed by atoms with van der Waals surface area (Å²) < 4.78 is 0. The first-order valence-electron chi connectivity index (χ1n) is 3.55. The molecule has 9 heteroatoms. The number of imidazole rings is 1. The minimum Gasteiger partial charge on any atom is -0.412 e.